The summed E-state index contributed by atoms with van der Waals surface area (Å²) < 4.78 is 9.94. The summed E-state index contributed by atoms with van der Waals surface area (Å²) in [6, 6.07) is 0. The van der Waals surface area contributed by atoms with Gasteiger partial charge in [-0.1, -0.05) is 13.8 Å². The minimum absolute atomic E-state index is 0.0278. The average Bonchev–Trinajstić information content (AvgIpc) is 2.17. The molecule has 0 aliphatic carbocycles. The molecule has 15 heavy (non-hydrogen) atoms. The zero-order valence-corrected chi connectivity index (χ0v) is 10.4. The van der Waals surface area contributed by atoms with Crippen molar-refractivity contribution in [2.45, 2.75) is 33.8 Å². The third-order valence-electron chi connectivity index (χ3n) is 1.23. The molecule has 0 aromatic heterocycles. The van der Waals surface area contributed by atoms with Crippen LogP contribution in [0.2, 0.25) is 0 Å². The first-order valence-corrected chi connectivity index (χ1v) is 5.45. The van der Waals surface area contributed by atoms with E-state index in [1.807, 2.05) is 0 Å². The summed E-state index contributed by atoms with van der Waals surface area (Å²) in [5, 5.41) is 16.2. The van der Waals surface area contributed by atoms with Crippen molar-refractivity contribution in [1.82, 2.24) is 0 Å². The van der Waals surface area contributed by atoms with Crippen molar-refractivity contribution in [3.05, 3.63) is 0 Å². The van der Waals surface area contributed by atoms with Crippen LogP contribution in [0.4, 0.5) is 0 Å². The van der Waals surface area contributed by atoms with E-state index in [1.165, 1.54) is 0 Å². The van der Waals surface area contributed by atoms with Gasteiger partial charge in [0.05, 0.1) is 32.5 Å². The van der Waals surface area contributed by atoms with Gasteiger partial charge in [-0.2, -0.15) is 0 Å². The molecule has 0 saturated carbocycles. The van der Waals surface area contributed by atoms with Gasteiger partial charge in [0.15, 0.2) is 0 Å². The first-order chi connectivity index (χ1) is 7.04. The summed E-state index contributed by atoms with van der Waals surface area (Å²) in [6.07, 6.45) is 0.386. The second kappa shape index (κ2) is 13.8. The molecule has 0 saturated heterocycles. The smallest absolute Gasteiger partial charge is 0.0698 e. The van der Waals surface area contributed by atoms with E-state index in [9.17, 15) is 0 Å². The lowest BCUT2D eigenvalue weighted by atomic mass is 10.2. The van der Waals surface area contributed by atoms with Crippen LogP contribution in [-0.2, 0) is 9.47 Å². The van der Waals surface area contributed by atoms with Gasteiger partial charge in [-0.15, -0.1) is 0 Å². The van der Waals surface area contributed by atoms with Crippen LogP contribution in [-0.4, -0.2) is 49.4 Å². The van der Waals surface area contributed by atoms with E-state index < -0.39 is 0 Å². The van der Waals surface area contributed by atoms with E-state index in [-0.39, 0.29) is 13.2 Å². The van der Waals surface area contributed by atoms with Crippen molar-refractivity contribution in [1.29, 1.82) is 0 Å². The molecule has 0 radical (unpaired) electrons. The second-order valence-electron chi connectivity index (χ2n) is 3.84. The Morgan fingerprint density at radius 1 is 0.933 bits per heavy atom. The van der Waals surface area contributed by atoms with E-state index in [4.69, 9.17) is 14.9 Å². The number of hydrogen-bond acceptors (Lipinski definition) is 4. The fourth-order valence-electron chi connectivity index (χ4n) is 0.616. The molecule has 0 aliphatic heterocycles. The Labute approximate surface area is 93.2 Å². The maximum absolute atomic E-state index is 8.09. The molecule has 0 heterocycles. The fourth-order valence-corrected chi connectivity index (χ4v) is 0.616. The number of ether oxygens (including phenoxy) is 2. The highest BCUT2D eigenvalue weighted by atomic mass is 16.5. The quantitative estimate of drug-likeness (QED) is 0.632. The molecule has 4 nitrogen and oxygen atoms in total. The van der Waals surface area contributed by atoms with E-state index in [0.717, 1.165) is 6.61 Å². The van der Waals surface area contributed by atoms with E-state index in [0.29, 0.717) is 25.2 Å². The summed E-state index contributed by atoms with van der Waals surface area (Å²) >= 11 is 0. The van der Waals surface area contributed by atoms with Gasteiger partial charge in [0.1, 0.15) is 0 Å². The van der Waals surface area contributed by atoms with Gasteiger partial charge >= 0.3 is 0 Å². The van der Waals surface area contributed by atoms with Crippen molar-refractivity contribution in [3.63, 3.8) is 0 Å². The van der Waals surface area contributed by atoms with Crippen molar-refractivity contribution in [2.24, 2.45) is 5.92 Å². The molecule has 0 unspecified atom stereocenters. The molecule has 0 amide bonds. The lowest BCUT2D eigenvalue weighted by Gasteiger charge is -2.08. The van der Waals surface area contributed by atoms with Gasteiger partial charge in [0, 0.05) is 6.61 Å². The molecule has 0 aromatic rings. The first-order valence-electron chi connectivity index (χ1n) is 5.45. The molecule has 94 valence electrons. The van der Waals surface area contributed by atoms with Crippen LogP contribution in [0.1, 0.15) is 27.7 Å². The number of aliphatic hydroxyl groups is 2. The van der Waals surface area contributed by atoms with Crippen molar-refractivity contribution >= 4 is 0 Å². The van der Waals surface area contributed by atoms with Crippen LogP contribution < -0.4 is 0 Å². The molecule has 4 heteroatoms. The summed E-state index contributed by atoms with van der Waals surface area (Å²) in [6.45, 7) is 10.0. The highest BCUT2D eigenvalue weighted by Gasteiger charge is 1.94. The predicted molar refractivity (Wildman–Crippen MR) is 60.9 cm³/mol. The zero-order chi connectivity index (χ0) is 12.1. The largest absolute Gasteiger partial charge is 0.394 e. The normalized spacial score (nSPS) is 10.4. The number of rotatable bonds is 7. The minimum Gasteiger partial charge on any atom is -0.394 e. The van der Waals surface area contributed by atoms with Crippen LogP contribution in [0.3, 0.4) is 0 Å². The molecule has 0 atom stereocenters. The van der Waals surface area contributed by atoms with Gasteiger partial charge in [0.2, 0.25) is 0 Å². The maximum Gasteiger partial charge on any atom is 0.0698 e. The lowest BCUT2D eigenvalue weighted by Crippen LogP contribution is -2.08. The Kier molecular flexibility index (Phi) is 15.9. The van der Waals surface area contributed by atoms with Crippen LogP contribution in [0.25, 0.3) is 0 Å². The summed E-state index contributed by atoms with van der Waals surface area (Å²) in [4.78, 5) is 0. The van der Waals surface area contributed by atoms with Gasteiger partial charge in [-0.3, -0.25) is 0 Å². The molecule has 0 aliphatic rings. The second-order valence-corrected chi connectivity index (χ2v) is 3.84. The SMILES string of the molecule is CC(C)COC(C)C.OCCOCCO. The standard InChI is InChI=1S/C7H16O.C4H10O3/c1-6(2)5-8-7(3)4;5-1-3-7-4-2-6/h6-7H,5H2,1-4H3;5-6H,1-4H2. The maximum atomic E-state index is 8.09. The first kappa shape index (κ1) is 17.2. The summed E-state index contributed by atoms with van der Waals surface area (Å²) in [5.41, 5.74) is 0. The Balaban J connectivity index is 0. The average molecular weight is 222 g/mol. The third-order valence-corrected chi connectivity index (χ3v) is 1.23. The van der Waals surface area contributed by atoms with Crippen LogP contribution in [0.15, 0.2) is 0 Å². The number of aliphatic hydroxyl groups excluding tert-OH is 2. The topological polar surface area (TPSA) is 58.9 Å². The van der Waals surface area contributed by atoms with Crippen LogP contribution >= 0.6 is 0 Å². The monoisotopic (exact) mass is 222 g/mol. The Hall–Kier alpha value is -0.160. The molecule has 2 N–H and O–H groups in total. The van der Waals surface area contributed by atoms with E-state index >= 15 is 0 Å². The predicted octanol–water partition coefficient (Wildman–Crippen LogP) is 1.05. The molecular formula is C11H26O4. The van der Waals surface area contributed by atoms with Gasteiger partial charge < -0.3 is 19.7 Å². The highest BCUT2D eigenvalue weighted by molar-refractivity contribution is 4.41. The summed E-state index contributed by atoms with van der Waals surface area (Å²) in [5.74, 6) is 0.664. The van der Waals surface area contributed by atoms with E-state index in [1.54, 1.807) is 0 Å². The Bertz CT molecular complexity index is 92.8. The molecule has 0 rings (SSSR count). The van der Waals surface area contributed by atoms with Crippen molar-refractivity contribution in [3.8, 4) is 0 Å². The zero-order valence-electron chi connectivity index (χ0n) is 10.4. The third kappa shape index (κ3) is 24.8. The molecule has 0 aromatic carbocycles. The Morgan fingerprint density at radius 2 is 1.40 bits per heavy atom. The summed E-state index contributed by atoms with van der Waals surface area (Å²) in [7, 11) is 0. The van der Waals surface area contributed by atoms with Crippen LogP contribution in [0, 0.1) is 5.92 Å². The lowest BCUT2D eigenvalue weighted by molar-refractivity contribution is 0.0593. The van der Waals surface area contributed by atoms with Gasteiger partial charge in [-0.25, -0.2) is 0 Å². The van der Waals surface area contributed by atoms with Gasteiger partial charge in [0.25, 0.3) is 0 Å². The van der Waals surface area contributed by atoms with Crippen LogP contribution in [0.5, 0.6) is 0 Å². The van der Waals surface area contributed by atoms with E-state index in [2.05, 4.69) is 32.4 Å². The molecular weight excluding hydrogens is 196 g/mol. The van der Waals surface area contributed by atoms with Crippen molar-refractivity contribution in [2.75, 3.05) is 33.0 Å². The fraction of sp³-hybridized carbons (Fsp3) is 1.00. The minimum atomic E-state index is 0.0278. The molecule has 0 spiro atoms. The van der Waals surface area contributed by atoms with Gasteiger partial charge in [-0.05, 0) is 19.8 Å². The molecule has 0 bridgehead atoms. The highest BCUT2D eigenvalue weighted by Crippen LogP contribution is 1.95. The molecule has 0 fully saturated rings. The Morgan fingerprint density at radius 3 is 1.60 bits per heavy atom. The van der Waals surface area contributed by atoms with Crippen molar-refractivity contribution < 1.29 is 19.7 Å². The number of hydrogen-bond donors (Lipinski definition) is 2.